The van der Waals surface area contributed by atoms with Gasteiger partial charge in [0.2, 0.25) is 5.16 Å². The summed E-state index contributed by atoms with van der Waals surface area (Å²) in [5.41, 5.74) is 7.44. The van der Waals surface area contributed by atoms with Gasteiger partial charge in [-0.3, -0.25) is 19.1 Å². The first-order valence-corrected chi connectivity index (χ1v) is 10.0. The van der Waals surface area contributed by atoms with Crippen LogP contribution in [-0.2, 0) is 0 Å². The van der Waals surface area contributed by atoms with Crippen molar-refractivity contribution in [3.05, 3.63) is 55.7 Å². The minimum absolute atomic E-state index is 0.0596. The van der Waals surface area contributed by atoms with E-state index in [1.807, 2.05) is 32.0 Å². The smallest absolute Gasteiger partial charge is 0.330 e. The molecule has 0 spiro atoms. The fourth-order valence-electron chi connectivity index (χ4n) is 3.02. The normalized spacial score (nSPS) is 13.6. The Morgan fingerprint density at radius 3 is 2.72 bits per heavy atom. The molecule has 4 rings (SSSR count). The number of tetrazole rings is 1. The highest BCUT2D eigenvalue weighted by atomic mass is 32.2. The number of aromatic amines is 1. The monoisotopic (exact) mass is 413 g/mol. The molecular weight excluding hydrogens is 394 g/mol. The molecule has 29 heavy (non-hydrogen) atoms. The summed E-state index contributed by atoms with van der Waals surface area (Å²) in [6, 6.07) is 5.74. The van der Waals surface area contributed by atoms with Gasteiger partial charge in [0.15, 0.2) is 5.78 Å². The van der Waals surface area contributed by atoms with E-state index < -0.39 is 17.0 Å². The summed E-state index contributed by atoms with van der Waals surface area (Å²) in [5, 5.41) is 12.0. The zero-order valence-corrected chi connectivity index (χ0v) is 16.7. The first-order chi connectivity index (χ1) is 13.9. The van der Waals surface area contributed by atoms with Crippen molar-refractivity contribution in [3.63, 3.8) is 0 Å². The van der Waals surface area contributed by atoms with Crippen molar-refractivity contribution < 1.29 is 4.79 Å². The summed E-state index contributed by atoms with van der Waals surface area (Å²) in [7, 11) is 0. The molecular formula is C18H19N7O3S. The number of anilines is 1. The molecule has 1 aliphatic carbocycles. The molecule has 10 nitrogen and oxygen atoms in total. The molecule has 3 N–H and O–H groups in total. The fourth-order valence-corrected chi connectivity index (χ4v) is 3.78. The van der Waals surface area contributed by atoms with Gasteiger partial charge in [-0.25, -0.2) is 4.79 Å². The van der Waals surface area contributed by atoms with Crippen LogP contribution in [0.4, 0.5) is 5.82 Å². The summed E-state index contributed by atoms with van der Waals surface area (Å²) < 4.78 is 2.82. The van der Waals surface area contributed by atoms with Crippen molar-refractivity contribution in [1.29, 1.82) is 0 Å². The molecule has 1 aliphatic rings. The Bertz CT molecular complexity index is 1220. The van der Waals surface area contributed by atoms with Crippen LogP contribution in [0.15, 0.2) is 32.9 Å². The number of thioether (sulfide) groups is 1. The number of hydrogen-bond acceptors (Lipinski definition) is 8. The Morgan fingerprint density at radius 2 is 2.03 bits per heavy atom. The summed E-state index contributed by atoms with van der Waals surface area (Å²) in [4.78, 5) is 39.1. The zero-order chi connectivity index (χ0) is 20.7. The Balaban J connectivity index is 1.58. The number of carbonyl (C=O) groups is 1. The number of ketones is 1. The number of nitrogens with two attached hydrogens (primary N) is 1. The maximum atomic E-state index is 12.7. The van der Waals surface area contributed by atoms with Crippen LogP contribution in [-0.4, -0.2) is 41.3 Å². The number of carbonyl (C=O) groups excluding carboxylic acids is 1. The zero-order valence-electron chi connectivity index (χ0n) is 15.9. The van der Waals surface area contributed by atoms with Crippen molar-refractivity contribution in [1.82, 2.24) is 29.8 Å². The van der Waals surface area contributed by atoms with E-state index in [0.717, 1.165) is 41.4 Å². The van der Waals surface area contributed by atoms with Crippen molar-refractivity contribution in [2.24, 2.45) is 0 Å². The molecule has 0 aliphatic heterocycles. The van der Waals surface area contributed by atoms with E-state index in [-0.39, 0.29) is 23.2 Å². The van der Waals surface area contributed by atoms with E-state index in [1.165, 1.54) is 9.25 Å². The molecule has 1 aromatic carbocycles. The Labute approximate surface area is 169 Å². The summed E-state index contributed by atoms with van der Waals surface area (Å²) in [5.74, 6) is -0.667. The van der Waals surface area contributed by atoms with Gasteiger partial charge in [-0.1, -0.05) is 17.8 Å². The molecule has 0 amide bonds. The Morgan fingerprint density at radius 1 is 1.28 bits per heavy atom. The lowest BCUT2D eigenvalue weighted by atomic mass is 10.1. The van der Waals surface area contributed by atoms with Gasteiger partial charge in [0.1, 0.15) is 11.4 Å². The summed E-state index contributed by atoms with van der Waals surface area (Å²) in [6.07, 6.45) is 1.59. The summed E-state index contributed by atoms with van der Waals surface area (Å²) >= 11 is 1.09. The number of nitrogens with zero attached hydrogens (tertiary/aromatic N) is 5. The minimum atomic E-state index is -0.774. The van der Waals surface area contributed by atoms with Crippen LogP contribution in [0.5, 0.6) is 0 Å². The highest BCUT2D eigenvalue weighted by Gasteiger charge is 2.30. The van der Waals surface area contributed by atoms with Gasteiger partial charge in [0, 0.05) is 6.04 Å². The highest BCUT2D eigenvalue weighted by Crippen LogP contribution is 2.35. The predicted molar refractivity (Wildman–Crippen MR) is 108 cm³/mol. The van der Waals surface area contributed by atoms with Gasteiger partial charge in [-0.05, 0) is 60.4 Å². The van der Waals surface area contributed by atoms with Crippen LogP contribution in [0, 0.1) is 13.8 Å². The molecule has 0 unspecified atom stereocenters. The second-order valence-corrected chi connectivity index (χ2v) is 7.92. The lowest BCUT2D eigenvalue weighted by Gasteiger charge is -2.11. The van der Waals surface area contributed by atoms with Crippen LogP contribution >= 0.6 is 11.8 Å². The predicted octanol–water partition coefficient (Wildman–Crippen LogP) is 1.02. The standard InChI is InChI=1S/C18H19N7O3S/c1-9-3-4-12(7-10(9)2)25-18(21-22-23-25)29-8-13(26)14-15(19)24(11-5-6-11)17(28)20-16(14)27/h3-4,7,11H,5-6,8,19H2,1-2H3,(H,20,27,28). The molecule has 1 fully saturated rings. The summed E-state index contributed by atoms with van der Waals surface area (Å²) in [6.45, 7) is 4.00. The maximum absolute atomic E-state index is 12.7. The van der Waals surface area contributed by atoms with Crippen molar-refractivity contribution in [2.75, 3.05) is 11.5 Å². The van der Waals surface area contributed by atoms with Gasteiger partial charge in [0.25, 0.3) is 5.56 Å². The van der Waals surface area contributed by atoms with Gasteiger partial charge >= 0.3 is 5.69 Å². The first kappa shape index (κ1) is 19.1. The maximum Gasteiger partial charge on any atom is 0.330 e. The first-order valence-electron chi connectivity index (χ1n) is 9.03. The molecule has 0 bridgehead atoms. The SMILES string of the molecule is Cc1ccc(-n2nnnc2SCC(=O)c2c(N)n(C3CC3)c(=O)[nH]c2=O)cc1C. The average molecular weight is 413 g/mol. The van der Waals surface area contributed by atoms with Gasteiger partial charge < -0.3 is 5.73 Å². The van der Waals surface area contributed by atoms with Crippen LogP contribution in [0.2, 0.25) is 0 Å². The molecule has 2 heterocycles. The largest absolute Gasteiger partial charge is 0.384 e. The van der Waals surface area contributed by atoms with Crippen molar-refractivity contribution in [2.45, 2.75) is 37.9 Å². The van der Waals surface area contributed by atoms with Crippen LogP contribution in [0.3, 0.4) is 0 Å². The number of benzene rings is 1. The van der Waals surface area contributed by atoms with Crippen LogP contribution in [0.1, 0.15) is 40.4 Å². The number of nitrogens with one attached hydrogen (secondary N) is 1. The molecule has 3 aromatic rings. The second kappa shape index (κ2) is 7.32. The molecule has 2 aromatic heterocycles. The van der Waals surface area contributed by atoms with Gasteiger partial charge in [0.05, 0.1) is 11.4 Å². The van der Waals surface area contributed by atoms with E-state index in [4.69, 9.17) is 5.73 Å². The fraction of sp³-hybridized carbons (Fsp3) is 0.333. The minimum Gasteiger partial charge on any atom is -0.384 e. The third-order valence-corrected chi connectivity index (χ3v) is 5.80. The third-order valence-electron chi connectivity index (χ3n) is 4.88. The van der Waals surface area contributed by atoms with E-state index in [9.17, 15) is 14.4 Å². The topological polar surface area (TPSA) is 142 Å². The molecule has 0 saturated heterocycles. The molecule has 150 valence electrons. The number of aryl methyl sites for hydroxylation is 2. The highest BCUT2D eigenvalue weighted by molar-refractivity contribution is 7.99. The number of hydrogen-bond donors (Lipinski definition) is 2. The number of rotatable bonds is 6. The lowest BCUT2D eigenvalue weighted by Crippen LogP contribution is -2.36. The van der Waals surface area contributed by atoms with E-state index >= 15 is 0 Å². The molecule has 1 saturated carbocycles. The lowest BCUT2D eigenvalue weighted by molar-refractivity contribution is 0.102. The number of Topliss-reactive ketones (excluding diaryl/α,β-unsaturated/α-hetero) is 1. The Kier molecular flexibility index (Phi) is 4.82. The van der Waals surface area contributed by atoms with Crippen molar-refractivity contribution in [3.8, 4) is 5.69 Å². The number of nitrogen functional groups attached to an aromatic ring is 1. The Hall–Kier alpha value is -3.21. The second-order valence-electron chi connectivity index (χ2n) is 6.97. The van der Waals surface area contributed by atoms with Gasteiger partial charge in [-0.2, -0.15) is 4.68 Å². The number of H-pyrrole nitrogens is 1. The quantitative estimate of drug-likeness (QED) is 0.451. The van der Waals surface area contributed by atoms with E-state index in [0.29, 0.717) is 5.16 Å². The third kappa shape index (κ3) is 3.60. The van der Waals surface area contributed by atoms with Crippen molar-refractivity contribution >= 4 is 23.4 Å². The number of aromatic nitrogens is 6. The average Bonchev–Trinajstić information content (AvgIpc) is 3.38. The molecule has 11 heteroatoms. The van der Waals surface area contributed by atoms with Gasteiger partial charge in [-0.15, -0.1) is 5.10 Å². The van der Waals surface area contributed by atoms with Crippen LogP contribution in [0.25, 0.3) is 5.69 Å². The molecule has 0 radical (unpaired) electrons. The van der Waals surface area contributed by atoms with E-state index in [2.05, 4.69) is 20.5 Å². The molecule has 0 atom stereocenters. The van der Waals surface area contributed by atoms with E-state index in [1.54, 1.807) is 0 Å². The van der Waals surface area contributed by atoms with Crippen LogP contribution < -0.4 is 17.0 Å².